The number of amides is 1. The number of esters is 1. The van der Waals surface area contributed by atoms with Gasteiger partial charge in [0.1, 0.15) is 18.6 Å². The Morgan fingerprint density at radius 3 is 2.57 bits per heavy atom. The predicted molar refractivity (Wildman–Crippen MR) is 89.9 cm³/mol. The molecule has 2 aromatic rings. The fourth-order valence-corrected chi connectivity index (χ4v) is 2.04. The first-order valence-electron chi connectivity index (χ1n) is 7.86. The third kappa shape index (κ3) is 5.64. The van der Waals surface area contributed by atoms with Crippen LogP contribution in [0.1, 0.15) is 27.8 Å². The van der Waals surface area contributed by atoms with Crippen LogP contribution in [0.3, 0.4) is 0 Å². The zero-order chi connectivity index (χ0) is 20.9. The van der Waals surface area contributed by atoms with Crippen LogP contribution in [-0.2, 0) is 16.1 Å². The SMILES string of the molecule is CN(C)C(=O)c1cccc(COc2cc(C(N)OC(=O)C(F)(F)F)ncn2)c1. The fraction of sp³-hybridized carbons (Fsp3) is 0.294. The molecular weight excluding hydrogens is 381 g/mol. The summed E-state index contributed by atoms with van der Waals surface area (Å²) in [5, 5.41) is 0. The van der Waals surface area contributed by atoms with Gasteiger partial charge in [-0.1, -0.05) is 12.1 Å². The number of ether oxygens (including phenoxy) is 2. The van der Waals surface area contributed by atoms with E-state index in [2.05, 4.69) is 14.7 Å². The van der Waals surface area contributed by atoms with Gasteiger partial charge in [-0.05, 0) is 17.7 Å². The van der Waals surface area contributed by atoms with E-state index >= 15 is 0 Å². The molecular formula is C17H17F3N4O4. The summed E-state index contributed by atoms with van der Waals surface area (Å²) in [7, 11) is 3.26. The molecule has 0 saturated heterocycles. The number of aromatic nitrogens is 2. The van der Waals surface area contributed by atoms with E-state index in [9.17, 15) is 22.8 Å². The molecule has 0 saturated carbocycles. The van der Waals surface area contributed by atoms with Crippen LogP contribution in [0.25, 0.3) is 0 Å². The van der Waals surface area contributed by atoms with E-state index in [0.29, 0.717) is 11.1 Å². The van der Waals surface area contributed by atoms with Crippen LogP contribution < -0.4 is 10.5 Å². The van der Waals surface area contributed by atoms with Crippen molar-refractivity contribution in [2.45, 2.75) is 19.0 Å². The van der Waals surface area contributed by atoms with Gasteiger partial charge in [0, 0.05) is 25.7 Å². The number of rotatable bonds is 6. The smallest absolute Gasteiger partial charge is 0.473 e. The summed E-state index contributed by atoms with van der Waals surface area (Å²) in [4.78, 5) is 31.8. The Bertz CT molecular complexity index is 858. The monoisotopic (exact) mass is 398 g/mol. The van der Waals surface area contributed by atoms with Crippen molar-refractivity contribution in [1.82, 2.24) is 14.9 Å². The minimum Gasteiger partial charge on any atom is -0.473 e. The van der Waals surface area contributed by atoms with Crippen molar-refractivity contribution >= 4 is 11.9 Å². The van der Waals surface area contributed by atoms with Crippen molar-refractivity contribution in [3.63, 3.8) is 0 Å². The average Bonchev–Trinajstić information content (AvgIpc) is 2.65. The van der Waals surface area contributed by atoms with Crippen LogP contribution in [0.15, 0.2) is 36.7 Å². The summed E-state index contributed by atoms with van der Waals surface area (Å²) >= 11 is 0. The van der Waals surface area contributed by atoms with Crippen LogP contribution in [0.5, 0.6) is 5.88 Å². The molecule has 1 aromatic carbocycles. The van der Waals surface area contributed by atoms with E-state index < -0.39 is 18.4 Å². The average molecular weight is 398 g/mol. The normalized spacial score (nSPS) is 12.2. The molecule has 0 aliphatic rings. The van der Waals surface area contributed by atoms with E-state index in [-0.39, 0.29) is 24.1 Å². The lowest BCUT2D eigenvalue weighted by atomic mass is 10.1. The summed E-state index contributed by atoms with van der Waals surface area (Å²) in [6.45, 7) is 0.0303. The molecule has 150 valence electrons. The second-order valence-electron chi connectivity index (χ2n) is 5.79. The molecule has 0 fully saturated rings. The van der Waals surface area contributed by atoms with Crippen molar-refractivity contribution in [3.05, 3.63) is 53.5 Å². The van der Waals surface area contributed by atoms with Crippen molar-refractivity contribution < 1.29 is 32.2 Å². The summed E-state index contributed by atoms with van der Waals surface area (Å²) in [5.41, 5.74) is 6.39. The highest BCUT2D eigenvalue weighted by molar-refractivity contribution is 5.94. The van der Waals surface area contributed by atoms with Crippen molar-refractivity contribution in [1.29, 1.82) is 0 Å². The van der Waals surface area contributed by atoms with E-state index in [1.165, 1.54) is 4.90 Å². The van der Waals surface area contributed by atoms with Crippen LogP contribution in [-0.4, -0.2) is 47.0 Å². The van der Waals surface area contributed by atoms with Gasteiger partial charge in [-0.15, -0.1) is 0 Å². The first-order chi connectivity index (χ1) is 13.1. The van der Waals surface area contributed by atoms with Gasteiger partial charge in [0.2, 0.25) is 5.88 Å². The molecule has 28 heavy (non-hydrogen) atoms. The zero-order valence-corrected chi connectivity index (χ0v) is 14.9. The topological polar surface area (TPSA) is 108 Å². The summed E-state index contributed by atoms with van der Waals surface area (Å²) in [6, 6.07) is 7.87. The Balaban J connectivity index is 2.04. The number of carbonyl (C=O) groups excluding carboxylic acids is 2. The number of alkyl halides is 3. The molecule has 0 bridgehead atoms. The maximum absolute atomic E-state index is 12.2. The minimum absolute atomic E-state index is 0.00727. The molecule has 0 radical (unpaired) electrons. The molecule has 1 atom stereocenters. The Kier molecular flexibility index (Phi) is 6.52. The molecule has 0 aliphatic heterocycles. The second-order valence-corrected chi connectivity index (χ2v) is 5.79. The van der Waals surface area contributed by atoms with Crippen LogP contribution in [0, 0.1) is 0 Å². The molecule has 8 nitrogen and oxygen atoms in total. The molecule has 1 heterocycles. The van der Waals surface area contributed by atoms with E-state index in [0.717, 1.165) is 12.4 Å². The number of hydrogen-bond donors (Lipinski definition) is 1. The molecule has 11 heteroatoms. The number of benzene rings is 1. The number of nitrogens with two attached hydrogens (primary N) is 1. The van der Waals surface area contributed by atoms with Gasteiger partial charge in [0.15, 0.2) is 6.23 Å². The third-order valence-electron chi connectivity index (χ3n) is 3.39. The van der Waals surface area contributed by atoms with E-state index in [1.807, 2.05) is 0 Å². The lowest BCUT2D eigenvalue weighted by Gasteiger charge is -2.14. The maximum atomic E-state index is 12.2. The molecule has 2 rings (SSSR count). The van der Waals surface area contributed by atoms with Gasteiger partial charge in [-0.25, -0.2) is 14.8 Å². The number of nitrogens with zero attached hydrogens (tertiary/aromatic N) is 3. The number of halogens is 3. The fourth-order valence-electron chi connectivity index (χ4n) is 2.04. The van der Waals surface area contributed by atoms with Gasteiger partial charge in [0.05, 0.1) is 0 Å². The van der Waals surface area contributed by atoms with Gasteiger partial charge in [0.25, 0.3) is 5.91 Å². The van der Waals surface area contributed by atoms with Crippen LogP contribution >= 0.6 is 0 Å². The van der Waals surface area contributed by atoms with Gasteiger partial charge >= 0.3 is 12.1 Å². The molecule has 1 aromatic heterocycles. The van der Waals surface area contributed by atoms with Crippen LogP contribution in [0.4, 0.5) is 13.2 Å². The minimum atomic E-state index is -5.17. The molecule has 1 unspecified atom stereocenters. The third-order valence-corrected chi connectivity index (χ3v) is 3.39. The van der Waals surface area contributed by atoms with Crippen LogP contribution in [0.2, 0.25) is 0 Å². The predicted octanol–water partition coefficient (Wildman–Crippen LogP) is 1.82. The lowest BCUT2D eigenvalue weighted by molar-refractivity contribution is -0.205. The van der Waals surface area contributed by atoms with Gasteiger partial charge < -0.3 is 14.4 Å². The summed E-state index contributed by atoms with van der Waals surface area (Å²) in [6.07, 6.45) is -5.89. The lowest BCUT2D eigenvalue weighted by Crippen LogP contribution is -2.30. The first-order valence-corrected chi connectivity index (χ1v) is 7.86. The Hall–Kier alpha value is -3.21. The molecule has 0 spiro atoms. The van der Waals surface area contributed by atoms with Crippen molar-refractivity contribution in [2.24, 2.45) is 5.73 Å². The molecule has 1 amide bonds. The molecule has 2 N–H and O–H groups in total. The second kappa shape index (κ2) is 8.65. The molecule has 0 aliphatic carbocycles. The van der Waals surface area contributed by atoms with Gasteiger partial charge in [-0.2, -0.15) is 13.2 Å². The summed E-state index contributed by atoms with van der Waals surface area (Å²) in [5.74, 6) is -2.60. The van der Waals surface area contributed by atoms with E-state index in [1.54, 1.807) is 38.4 Å². The summed E-state index contributed by atoms with van der Waals surface area (Å²) < 4.78 is 46.3. The van der Waals surface area contributed by atoms with Crippen molar-refractivity contribution in [2.75, 3.05) is 14.1 Å². The van der Waals surface area contributed by atoms with E-state index in [4.69, 9.17) is 10.5 Å². The maximum Gasteiger partial charge on any atom is 0.490 e. The Labute approximate surface area is 158 Å². The quantitative estimate of drug-likeness (QED) is 0.584. The highest BCUT2D eigenvalue weighted by Gasteiger charge is 2.42. The number of carbonyl (C=O) groups is 2. The highest BCUT2D eigenvalue weighted by Crippen LogP contribution is 2.21. The Morgan fingerprint density at radius 2 is 1.93 bits per heavy atom. The first kappa shape index (κ1) is 21.1. The van der Waals surface area contributed by atoms with Gasteiger partial charge in [-0.3, -0.25) is 10.5 Å². The largest absolute Gasteiger partial charge is 0.490 e. The standard InChI is InChI=1S/C17H17F3N4O4/c1-24(2)15(25)11-5-3-4-10(6-11)8-27-13-7-12(22-9-23-13)14(21)28-16(26)17(18,19)20/h3-7,9,14H,8,21H2,1-2H3. The van der Waals surface area contributed by atoms with Crippen molar-refractivity contribution in [3.8, 4) is 5.88 Å². The zero-order valence-electron chi connectivity index (χ0n) is 14.9. The number of hydrogen-bond acceptors (Lipinski definition) is 7. The highest BCUT2D eigenvalue weighted by atomic mass is 19.4. The Morgan fingerprint density at radius 1 is 1.21 bits per heavy atom.